The molecule has 1 N–H and O–H groups in total. The summed E-state index contributed by atoms with van der Waals surface area (Å²) in [6.45, 7) is 1.24. The highest BCUT2D eigenvalue weighted by atomic mass is 16.5. The smallest absolute Gasteiger partial charge is 0.407 e. The lowest BCUT2D eigenvalue weighted by molar-refractivity contribution is -0.0534. The van der Waals surface area contributed by atoms with Gasteiger partial charge in [-0.3, -0.25) is 4.40 Å². The van der Waals surface area contributed by atoms with E-state index in [-0.39, 0.29) is 0 Å². The van der Waals surface area contributed by atoms with Gasteiger partial charge in [0.25, 0.3) is 0 Å². The zero-order chi connectivity index (χ0) is 22.8. The number of carboxylic acid groups (broad SMARTS) is 1. The van der Waals surface area contributed by atoms with Crippen molar-refractivity contribution in [3.05, 3.63) is 54.7 Å². The van der Waals surface area contributed by atoms with Crippen LogP contribution in [0.2, 0.25) is 0 Å². The third kappa shape index (κ3) is 4.07. The second kappa shape index (κ2) is 8.67. The second-order valence-electron chi connectivity index (χ2n) is 8.28. The Morgan fingerprint density at radius 3 is 2.85 bits per heavy atom. The summed E-state index contributed by atoms with van der Waals surface area (Å²) < 4.78 is 14.0. The number of amides is 1. The number of aromatic nitrogens is 4. The Balaban J connectivity index is 1.43. The predicted octanol–water partition coefficient (Wildman–Crippen LogP) is 3.87. The van der Waals surface area contributed by atoms with Gasteiger partial charge in [-0.1, -0.05) is 24.3 Å². The van der Waals surface area contributed by atoms with Gasteiger partial charge in [-0.15, -0.1) is 10.2 Å². The van der Waals surface area contributed by atoms with Gasteiger partial charge in [0, 0.05) is 31.8 Å². The van der Waals surface area contributed by atoms with Crippen molar-refractivity contribution in [3.63, 3.8) is 0 Å². The first-order valence-corrected chi connectivity index (χ1v) is 10.9. The number of carbonyl (C=O) groups is 1. The molecule has 1 saturated heterocycles. The van der Waals surface area contributed by atoms with Crippen molar-refractivity contribution in [2.45, 2.75) is 24.9 Å². The van der Waals surface area contributed by atoms with Gasteiger partial charge in [-0.05, 0) is 43.5 Å². The van der Waals surface area contributed by atoms with Gasteiger partial charge in [-0.25, -0.2) is 9.78 Å². The molecule has 1 aliphatic heterocycles. The van der Waals surface area contributed by atoms with Crippen LogP contribution < -0.4 is 4.74 Å². The van der Waals surface area contributed by atoms with Crippen molar-refractivity contribution in [2.24, 2.45) is 0 Å². The van der Waals surface area contributed by atoms with Crippen molar-refractivity contribution in [3.8, 4) is 17.3 Å². The highest BCUT2D eigenvalue weighted by Gasteiger charge is 2.35. The number of rotatable bonds is 5. The van der Waals surface area contributed by atoms with E-state index in [1.54, 1.807) is 7.11 Å². The van der Waals surface area contributed by atoms with E-state index in [1.165, 1.54) is 4.90 Å². The summed E-state index contributed by atoms with van der Waals surface area (Å²) in [4.78, 5) is 17.7. The third-order valence-corrected chi connectivity index (χ3v) is 6.32. The van der Waals surface area contributed by atoms with E-state index in [2.05, 4.69) is 10.2 Å². The van der Waals surface area contributed by atoms with Crippen LogP contribution >= 0.6 is 0 Å². The van der Waals surface area contributed by atoms with Crippen molar-refractivity contribution >= 4 is 22.6 Å². The molecule has 1 amide bonds. The van der Waals surface area contributed by atoms with Gasteiger partial charge >= 0.3 is 6.09 Å². The first-order chi connectivity index (χ1) is 16.1. The van der Waals surface area contributed by atoms with Crippen LogP contribution in [-0.4, -0.2) is 68.1 Å². The molecular weight excluding hydrogens is 422 g/mol. The first-order valence-electron chi connectivity index (χ1n) is 10.9. The summed E-state index contributed by atoms with van der Waals surface area (Å²) in [5.41, 5.74) is 1.64. The normalized spacial score (nSPS) is 19.0. The highest BCUT2D eigenvalue weighted by molar-refractivity contribution is 5.86. The number of benzene rings is 1. The molecule has 1 aromatic carbocycles. The Kier molecular flexibility index (Phi) is 5.55. The van der Waals surface area contributed by atoms with Gasteiger partial charge < -0.3 is 19.5 Å². The minimum Gasteiger partial charge on any atom is -0.488 e. The van der Waals surface area contributed by atoms with E-state index in [4.69, 9.17) is 14.5 Å². The van der Waals surface area contributed by atoms with Crippen molar-refractivity contribution in [2.75, 3.05) is 26.8 Å². The third-order valence-electron chi connectivity index (χ3n) is 6.32. The molecule has 0 bridgehead atoms. The molecule has 0 saturated carbocycles. The Morgan fingerprint density at radius 1 is 1.09 bits per heavy atom. The van der Waals surface area contributed by atoms with E-state index in [1.807, 2.05) is 59.1 Å². The molecule has 0 aliphatic carbocycles. The van der Waals surface area contributed by atoms with Gasteiger partial charge in [0.1, 0.15) is 29.2 Å². The Morgan fingerprint density at radius 2 is 2.00 bits per heavy atom. The maximum absolute atomic E-state index is 11.4. The van der Waals surface area contributed by atoms with Crippen LogP contribution in [0.15, 0.2) is 54.7 Å². The first kappa shape index (κ1) is 21.1. The number of ether oxygens (including phenoxy) is 2. The number of pyridine rings is 2. The molecule has 4 heterocycles. The standard InChI is InChI=1S/C24H25N5O4/c1-32-24(11-5-13-28(15-12-24)23(30)31)16-33-19-7-4-6-17-9-10-18(25-21(17)19)22-27-26-20-8-2-3-14-29(20)22/h2-4,6-10,14H,5,11-13,15-16H2,1H3,(H,30,31). The van der Waals surface area contributed by atoms with Gasteiger partial charge in [0.05, 0.1) is 0 Å². The minimum atomic E-state index is -0.894. The van der Waals surface area contributed by atoms with E-state index in [9.17, 15) is 9.90 Å². The average Bonchev–Trinajstić information content (AvgIpc) is 3.15. The van der Waals surface area contributed by atoms with E-state index in [0.29, 0.717) is 43.4 Å². The molecular formula is C24H25N5O4. The summed E-state index contributed by atoms with van der Waals surface area (Å²) in [5, 5.41) is 18.8. The summed E-state index contributed by atoms with van der Waals surface area (Å²) in [5.74, 6) is 1.31. The molecule has 0 spiro atoms. The van der Waals surface area contributed by atoms with E-state index in [0.717, 1.165) is 29.4 Å². The molecule has 9 heteroatoms. The lowest BCUT2D eigenvalue weighted by Crippen LogP contribution is -2.40. The SMILES string of the molecule is COC1(COc2cccc3ccc(-c4nnc5ccccn45)nc23)CCCN(C(=O)O)CC1. The Labute approximate surface area is 190 Å². The average molecular weight is 447 g/mol. The fraction of sp³-hybridized carbons (Fsp3) is 0.333. The molecule has 3 aromatic heterocycles. The molecule has 0 radical (unpaired) electrons. The number of para-hydroxylation sites is 1. The van der Waals surface area contributed by atoms with E-state index < -0.39 is 11.7 Å². The lowest BCUT2D eigenvalue weighted by Gasteiger charge is -2.31. The molecule has 33 heavy (non-hydrogen) atoms. The van der Waals surface area contributed by atoms with Gasteiger partial charge in [-0.2, -0.15) is 0 Å². The molecule has 1 atom stereocenters. The number of methoxy groups -OCH3 is 1. The molecule has 170 valence electrons. The number of hydrogen-bond donors (Lipinski definition) is 1. The topological polar surface area (TPSA) is 102 Å². The largest absolute Gasteiger partial charge is 0.488 e. The fourth-order valence-electron chi connectivity index (χ4n) is 4.35. The summed E-state index contributed by atoms with van der Waals surface area (Å²) in [6.07, 6.45) is 3.04. The maximum atomic E-state index is 11.4. The molecule has 5 rings (SSSR count). The van der Waals surface area contributed by atoms with Crippen LogP contribution in [0.4, 0.5) is 4.79 Å². The molecule has 1 unspecified atom stereocenters. The maximum Gasteiger partial charge on any atom is 0.407 e. The van der Waals surface area contributed by atoms with Gasteiger partial charge in [0.15, 0.2) is 11.5 Å². The number of fused-ring (bicyclic) bond motifs is 2. The van der Waals surface area contributed by atoms with Crippen molar-refractivity contribution < 1.29 is 19.4 Å². The van der Waals surface area contributed by atoms with Crippen molar-refractivity contribution in [1.82, 2.24) is 24.5 Å². The van der Waals surface area contributed by atoms with Crippen LogP contribution in [0, 0.1) is 0 Å². The monoisotopic (exact) mass is 447 g/mol. The molecule has 1 aliphatic rings. The van der Waals surface area contributed by atoms with Crippen molar-refractivity contribution in [1.29, 1.82) is 0 Å². The van der Waals surface area contributed by atoms with Gasteiger partial charge in [0.2, 0.25) is 0 Å². The van der Waals surface area contributed by atoms with Crippen LogP contribution in [-0.2, 0) is 4.74 Å². The zero-order valence-electron chi connectivity index (χ0n) is 18.3. The second-order valence-corrected chi connectivity index (χ2v) is 8.28. The quantitative estimate of drug-likeness (QED) is 0.495. The molecule has 1 fully saturated rings. The predicted molar refractivity (Wildman–Crippen MR) is 122 cm³/mol. The summed E-state index contributed by atoms with van der Waals surface area (Å²) in [7, 11) is 1.66. The fourth-order valence-corrected chi connectivity index (χ4v) is 4.35. The molecule has 4 aromatic rings. The highest BCUT2D eigenvalue weighted by Crippen LogP contribution is 2.31. The number of hydrogen-bond acceptors (Lipinski definition) is 6. The Hall–Kier alpha value is -3.72. The lowest BCUT2D eigenvalue weighted by atomic mass is 9.95. The number of nitrogens with zero attached hydrogens (tertiary/aromatic N) is 5. The molecule has 9 nitrogen and oxygen atoms in total. The Bertz CT molecular complexity index is 1310. The van der Waals surface area contributed by atoms with Crippen LogP contribution in [0.3, 0.4) is 0 Å². The number of likely N-dealkylation sites (tertiary alicyclic amines) is 1. The van der Waals surface area contributed by atoms with Crippen LogP contribution in [0.25, 0.3) is 28.1 Å². The summed E-state index contributed by atoms with van der Waals surface area (Å²) in [6, 6.07) is 15.5. The zero-order valence-corrected chi connectivity index (χ0v) is 18.3. The van der Waals surface area contributed by atoms with Crippen LogP contribution in [0.1, 0.15) is 19.3 Å². The van der Waals surface area contributed by atoms with Crippen LogP contribution in [0.5, 0.6) is 5.75 Å². The van der Waals surface area contributed by atoms with E-state index >= 15 is 0 Å². The summed E-state index contributed by atoms with van der Waals surface area (Å²) >= 11 is 0. The minimum absolute atomic E-state index is 0.315.